The number of rotatable bonds is 3. The van der Waals surface area contributed by atoms with Gasteiger partial charge in [0.05, 0.1) is 12.0 Å². The molecule has 0 unspecified atom stereocenters. The van der Waals surface area contributed by atoms with Crippen molar-refractivity contribution in [3.8, 4) is 0 Å². The van der Waals surface area contributed by atoms with Gasteiger partial charge in [-0.05, 0) is 31.0 Å². The molecule has 94 valence electrons. The number of hydrogen-bond acceptors (Lipinski definition) is 4. The van der Waals surface area contributed by atoms with Gasteiger partial charge in [-0.3, -0.25) is 4.79 Å². The van der Waals surface area contributed by atoms with Crippen molar-refractivity contribution in [2.45, 2.75) is 26.2 Å². The second kappa shape index (κ2) is 3.92. The van der Waals surface area contributed by atoms with Crippen molar-refractivity contribution in [1.82, 2.24) is 4.98 Å². The molecular weight excluding hydrogens is 230 g/mol. The number of aromatic nitrogens is 1. The molecule has 0 atom stereocenters. The third kappa shape index (κ3) is 1.56. The molecule has 2 aromatic rings. The average molecular weight is 245 g/mol. The predicted molar refractivity (Wildman–Crippen MR) is 66.4 cm³/mol. The Hall–Kier alpha value is -1.68. The van der Waals surface area contributed by atoms with Crippen LogP contribution in [-0.4, -0.2) is 22.5 Å². The third-order valence-electron chi connectivity index (χ3n) is 3.85. The molecule has 1 fully saturated rings. The quantitative estimate of drug-likeness (QED) is 0.844. The maximum Gasteiger partial charge on any atom is 0.192 e. The number of aliphatic hydroxyl groups excluding tert-OH is 1. The number of fused-ring (bicyclic) bond motifs is 1. The Morgan fingerprint density at radius 2 is 2.28 bits per heavy atom. The molecule has 1 aromatic heterocycles. The van der Waals surface area contributed by atoms with Gasteiger partial charge in [-0.15, -0.1) is 0 Å². The van der Waals surface area contributed by atoms with Crippen LogP contribution < -0.4 is 0 Å². The zero-order chi connectivity index (χ0) is 12.8. The van der Waals surface area contributed by atoms with Crippen LogP contribution in [0.15, 0.2) is 22.6 Å². The molecule has 0 aliphatic heterocycles. The van der Waals surface area contributed by atoms with Crippen LogP contribution >= 0.6 is 0 Å². The number of aryl methyl sites for hydroxylation is 1. The number of nitrogens with zero attached hydrogens (tertiary/aromatic N) is 1. The molecule has 1 heterocycles. The van der Waals surface area contributed by atoms with Gasteiger partial charge in [0.1, 0.15) is 5.52 Å². The molecular formula is C14H15NO3. The molecule has 0 bridgehead atoms. The highest BCUT2D eigenvalue weighted by molar-refractivity contribution is 6.03. The van der Waals surface area contributed by atoms with Crippen molar-refractivity contribution in [2.75, 3.05) is 6.61 Å². The average Bonchev–Trinajstić information content (AvgIpc) is 2.67. The number of ketones is 1. The smallest absolute Gasteiger partial charge is 0.192 e. The first-order valence-corrected chi connectivity index (χ1v) is 6.17. The van der Waals surface area contributed by atoms with Crippen LogP contribution in [0.4, 0.5) is 0 Å². The van der Waals surface area contributed by atoms with Gasteiger partial charge in [0.15, 0.2) is 17.3 Å². The molecule has 18 heavy (non-hydrogen) atoms. The van der Waals surface area contributed by atoms with Crippen molar-refractivity contribution < 1.29 is 14.3 Å². The van der Waals surface area contributed by atoms with E-state index >= 15 is 0 Å². The monoisotopic (exact) mass is 245 g/mol. The normalized spacial score (nSPS) is 17.7. The summed E-state index contributed by atoms with van der Waals surface area (Å²) in [7, 11) is 0. The van der Waals surface area contributed by atoms with Gasteiger partial charge < -0.3 is 9.52 Å². The summed E-state index contributed by atoms with van der Waals surface area (Å²) in [5.74, 6) is 0.619. The van der Waals surface area contributed by atoms with E-state index in [1.807, 2.05) is 0 Å². The first-order chi connectivity index (χ1) is 8.64. The number of aliphatic hydroxyl groups is 1. The number of Topliss-reactive ketones (excluding diaryl/α,β-unsaturated/α-hetero) is 1. The van der Waals surface area contributed by atoms with Gasteiger partial charge in [0.25, 0.3) is 0 Å². The fraction of sp³-hybridized carbons (Fsp3) is 0.429. The molecule has 1 aliphatic rings. The van der Waals surface area contributed by atoms with Crippen LogP contribution in [0, 0.1) is 12.3 Å². The van der Waals surface area contributed by atoms with E-state index in [0.29, 0.717) is 22.6 Å². The van der Waals surface area contributed by atoms with Crippen LogP contribution in [0.2, 0.25) is 0 Å². The number of carbonyl (C=O) groups is 1. The summed E-state index contributed by atoms with van der Waals surface area (Å²) < 4.78 is 5.38. The van der Waals surface area contributed by atoms with Crippen molar-refractivity contribution >= 4 is 16.9 Å². The maximum absolute atomic E-state index is 12.4. The van der Waals surface area contributed by atoms with Crippen LogP contribution in [0.5, 0.6) is 0 Å². The van der Waals surface area contributed by atoms with E-state index in [1.54, 1.807) is 25.1 Å². The molecule has 1 aliphatic carbocycles. The van der Waals surface area contributed by atoms with E-state index in [0.717, 1.165) is 19.3 Å². The fourth-order valence-electron chi connectivity index (χ4n) is 2.55. The molecule has 4 heteroatoms. The molecule has 0 saturated heterocycles. The van der Waals surface area contributed by atoms with Gasteiger partial charge >= 0.3 is 0 Å². The highest BCUT2D eigenvalue weighted by Gasteiger charge is 2.43. The molecule has 0 amide bonds. The van der Waals surface area contributed by atoms with Crippen molar-refractivity contribution in [3.63, 3.8) is 0 Å². The third-order valence-corrected chi connectivity index (χ3v) is 3.85. The lowest BCUT2D eigenvalue weighted by atomic mass is 9.65. The van der Waals surface area contributed by atoms with Gasteiger partial charge in [-0.25, -0.2) is 4.98 Å². The van der Waals surface area contributed by atoms with Crippen LogP contribution in [0.1, 0.15) is 35.5 Å². The Labute approximate surface area is 105 Å². The summed E-state index contributed by atoms with van der Waals surface area (Å²) in [4.78, 5) is 16.6. The molecule has 0 spiro atoms. The summed E-state index contributed by atoms with van der Waals surface area (Å²) >= 11 is 0. The standard InChI is InChI=1S/C14H15NO3/c1-9-15-11-7-10(3-4-12(11)18-9)13(17)14(8-16)5-2-6-14/h3-4,7,16H,2,5-6,8H2,1H3. The van der Waals surface area contributed by atoms with E-state index in [-0.39, 0.29) is 12.4 Å². The molecule has 1 aromatic carbocycles. The molecule has 1 N–H and O–H groups in total. The summed E-state index contributed by atoms with van der Waals surface area (Å²) in [6, 6.07) is 5.28. The highest BCUT2D eigenvalue weighted by Crippen LogP contribution is 2.43. The van der Waals surface area contributed by atoms with Crippen molar-refractivity contribution in [3.05, 3.63) is 29.7 Å². The summed E-state index contributed by atoms with van der Waals surface area (Å²) in [6.07, 6.45) is 2.56. The Bertz CT molecular complexity index is 605. The maximum atomic E-state index is 12.4. The Morgan fingerprint density at radius 1 is 1.50 bits per heavy atom. The van der Waals surface area contributed by atoms with Crippen LogP contribution in [0.25, 0.3) is 11.1 Å². The highest BCUT2D eigenvalue weighted by atomic mass is 16.3. The number of benzene rings is 1. The first kappa shape index (κ1) is 11.4. The van der Waals surface area contributed by atoms with Crippen molar-refractivity contribution in [2.24, 2.45) is 5.41 Å². The number of hydrogen-bond donors (Lipinski definition) is 1. The fourth-order valence-corrected chi connectivity index (χ4v) is 2.55. The second-order valence-electron chi connectivity index (χ2n) is 5.04. The summed E-state index contributed by atoms with van der Waals surface area (Å²) in [5, 5.41) is 9.43. The lowest BCUT2D eigenvalue weighted by Crippen LogP contribution is -2.41. The number of oxazole rings is 1. The Kier molecular flexibility index (Phi) is 2.48. The summed E-state index contributed by atoms with van der Waals surface area (Å²) in [6.45, 7) is 1.71. The first-order valence-electron chi connectivity index (χ1n) is 6.17. The van der Waals surface area contributed by atoms with E-state index < -0.39 is 5.41 Å². The summed E-state index contributed by atoms with van der Waals surface area (Å²) in [5.41, 5.74) is 1.46. The van der Waals surface area contributed by atoms with Gasteiger partial charge in [0, 0.05) is 12.5 Å². The van der Waals surface area contributed by atoms with Crippen LogP contribution in [0.3, 0.4) is 0 Å². The SMILES string of the molecule is Cc1nc2cc(C(=O)C3(CO)CCC3)ccc2o1. The van der Waals surface area contributed by atoms with E-state index in [9.17, 15) is 9.90 Å². The molecule has 4 nitrogen and oxygen atoms in total. The Morgan fingerprint density at radius 3 is 2.89 bits per heavy atom. The second-order valence-corrected chi connectivity index (χ2v) is 5.04. The predicted octanol–water partition coefficient (Wildman–Crippen LogP) is 2.48. The topological polar surface area (TPSA) is 63.3 Å². The minimum Gasteiger partial charge on any atom is -0.441 e. The lowest BCUT2D eigenvalue weighted by molar-refractivity contribution is 0.0348. The molecule has 0 radical (unpaired) electrons. The largest absolute Gasteiger partial charge is 0.441 e. The molecule has 3 rings (SSSR count). The Balaban J connectivity index is 2.01. The number of carbonyl (C=O) groups excluding carboxylic acids is 1. The van der Waals surface area contributed by atoms with Crippen LogP contribution in [-0.2, 0) is 0 Å². The van der Waals surface area contributed by atoms with Crippen molar-refractivity contribution in [1.29, 1.82) is 0 Å². The van der Waals surface area contributed by atoms with Gasteiger partial charge in [0.2, 0.25) is 0 Å². The lowest BCUT2D eigenvalue weighted by Gasteiger charge is -2.38. The zero-order valence-corrected chi connectivity index (χ0v) is 10.3. The minimum atomic E-state index is -0.549. The van der Waals surface area contributed by atoms with Gasteiger partial charge in [-0.1, -0.05) is 6.42 Å². The zero-order valence-electron chi connectivity index (χ0n) is 10.3. The minimum absolute atomic E-state index is 0.0267. The van der Waals surface area contributed by atoms with E-state index in [4.69, 9.17) is 4.42 Å². The van der Waals surface area contributed by atoms with E-state index in [1.165, 1.54) is 0 Å². The molecule has 1 saturated carbocycles. The van der Waals surface area contributed by atoms with Gasteiger partial charge in [-0.2, -0.15) is 0 Å². The van der Waals surface area contributed by atoms with E-state index in [2.05, 4.69) is 4.98 Å².